The molecule has 3 aromatic rings. The number of nitrogens with one attached hydrogen (secondary N) is 1. The number of fused-ring (bicyclic) bond motifs is 3. The van der Waals surface area contributed by atoms with Gasteiger partial charge in [0.1, 0.15) is 11.4 Å². The molecule has 10 nitrogen and oxygen atoms in total. The Kier molecular flexibility index (Phi) is 4.39. The monoisotopic (exact) mass is 382 g/mol. The smallest absolute Gasteiger partial charge is 0.407 e. The maximum atomic E-state index is 11.3. The van der Waals surface area contributed by atoms with Crippen LogP contribution in [0.2, 0.25) is 0 Å². The third-order valence-electron chi connectivity index (χ3n) is 5.55. The summed E-state index contributed by atoms with van der Waals surface area (Å²) in [6.45, 7) is 3.09. The number of carbonyl (C=O) groups is 1. The maximum Gasteiger partial charge on any atom is 0.407 e. The normalized spacial score (nSPS) is 22.7. The predicted molar refractivity (Wildman–Crippen MR) is 101 cm³/mol. The number of H-pyrrole nitrogens is 1. The number of nitrogens with two attached hydrogens (primary N) is 1. The number of hydrogen-bond donors (Lipinski definition) is 3. The number of carboxylic acid groups (broad SMARTS) is 1. The van der Waals surface area contributed by atoms with E-state index in [4.69, 9.17) is 11.0 Å². The first-order valence-corrected chi connectivity index (χ1v) is 9.31. The van der Waals surface area contributed by atoms with E-state index < -0.39 is 11.6 Å². The van der Waals surface area contributed by atoms with Gasteiger partial charge in [-0.05, 0) is 24.8 Å². The molecule has 2 atom stereocenters. The van der Waals surface area contributed by atoms with E-state index in [1.807, 2.05) is 22.7 Å². The van der Waals surface area contributed by atoms with Gasteiger partial charge in [-0.15, -0.1) is 10.2 Å². The summed E-state index contributed by atoms with van der Waals surface area (Å²) in [5, 5.41) is 25.9. The SMILES string of the molecule is CC[C@@H]1CN(C(=O)O)C[C@@H]1c1nnc2cnc3[nH]ccc3n12.N#CC1(N)CC1. The van der Waals surface area contributed by atoms with Crippen molar-refractivity contribution in [1.82, 2.24) is 29.5 Å². The number of amides is 1. The van der Waals surface area contributed by atoms with Gasteiger partial charge in [-0.3, -0.25) is 4.40 Å². The molecule has 1 saturated carbocycles. The molecule has 2 fully saturated rings. The molecular formula is C18H22N8O2. The van der Waals surface area contributed by atoms with Gasteiger partial charge in [-0.25, -0.2) is 9.78 Å². The van der Waals surface area contributed by atoms with Crippen molar-refractivity contribution >= 4 is 22.9 Å². The standard InChI is InChI=1S/C14H16N6O2.C4H6N2/c1-2-8-6-19(14(21)22)7-9(8)13-18-17-11-5-16-12-10(20(11)13)3-4-15-12;5-3-4(6)1-2-4/h3-5,8-9,15H,2,6-7H2,1H3,(H,21,22);1-2,6H2/t8-,9+;/m1./s1. The number of aromatic amines is 1. The van der Waals surface area contributed by atoms with E-state index in [0.717, 1.165) is 36.3 Å². The highest BCUT2D eigenvalue weighted by Crippen LogP contribution is 2.34. The van der Waals surface area contributed by atoms with Crippen LogP contribution in [0.1, 0.15) is 37.9 Å². The van der Waals surface area contributed by atoms with Gasteiger partial charge in [0.2, 0.25) is 0 Å². The minimum Gasteiger partial charge on any atom is -0.465 e. The number of rotatable bonds is 2. The van der Waals surface area contributed by atoms with Gasteiger partial charge in [-0.2, -0.15) is 5.26 Å². The van der Waals surface area contributed by atoms with E-state index in [2.05, 4.69) is 27.1 Å². The summed E-state index contributed by atoms with van der Waals surface area (Å²) in [7, 11) is 0. The molecule has 146 valence electrons. The first-order chi connectivity index (χ1) is 13.5. The summed E-state index contributed by atoms with van der Waals surface area (Å²) in [6.07, 6.45) is 5.33. The Morgan fingerprint density at radius 3 is 2.86 bits per heavy atom. The van der Waals surface area contributed by atoms with Crippen LogP contribution in [0.4, 0.5) is 4.79 Å². The van der Waals surface area contributed by atoms with Gasteiger partial charge in [0.15, 0.2) is 11.3 Å². The summed E-state index contributed by atoms with van der Waals surface area (Å²) < 4.78 is 1.98. The summed E-state index contributed by atoms with van der Waals surface area (Å²) in [4.78, 5) is 20.1. The molecule has 1 aliphatic heterocycles. The number of aromatic nitrogens is 5. The largest absolute Gasteiger partial charge is 0.465 e. The zero-order valence-corrected chi connectivity index (χ0v) is 15.5. The van der Waals surface area contributed by atoms with E-state index in [-0.39, 0.29) is 11.8 Å². The first kappa shape index (κ1) is 18.2. The molecule has 0 unspecified atom stereocenters. The van der Waals surface area contributed by atoms with E-state index in [1.54, 1.807) is 6.20 Å². The molecule has 2 aliphatic rings. The Balaban J connectivity index is 0.000000275. The third kappa shape index (κ3) is 3.14. The van der Waals surface area contributed by atoms with E-state index in [0.29, 0.717) is 18.7 Å². The molecule has 10 heteroatoms. The highest BCUT2D eigenvalue weighted by atomic mass is 16.4. The molecule has 0 aromatic carbocycles. The average molecular weight is 382 g/mol. The molecule has 0 bridgehead atoms. The predicted octanol–water partition coefficient (Wildman–Crippen LogP) is 1.71. The van der Waals surface area contributed by atoms with Crippen LogP contribution in [-0.2, 0) is 0 Å². The number of nitrogens with zero attached hydrogens (tertiary/aromatic N) is 6. The first-order valence-electron chi connectivity index (χ1n) is 9.31. The van der Waals surface area contributed by atoms with Crippen LogP contribution in [-0.4, -0.2) is 59.3 Å². The van der Waals surface area contributed by atoms with E-state index in [1.165, 1.54) is 4.90 Å². The maximum absolute atomic E-state index is 11.3. The Hall–Kier alpha value is -3.19. The summed E-state index contributed by atoms with van der Waals surface area (Å²) in [5.74, 6) is 1.12. The topological polar surface area (TPSA) is 149 Å². The van der Waals surface area contributed by atoms with Crippen molar-refractivity contribution in [2.75, 3.05) is 13.1 Å². The van der Waals surface area contributed by atoms with Gasteiger partial charge in [0, 0.05) is 25.2 Å². The van der Waals surface area contributed by atoms with Crippen molar-refractivity contribution < 1.29 is 9.90 Å². The molecule has 28 heavy (non-hydrogen) atoms. The molecule has 5 rings (SSSR count). The fourth-order valence-corrected chi connectivity index (χ4v) is 3.62. The molecular weight excluding hydrogens is 360 g/mol. The Bertz CT molecular complexity index is 1060. The molecule has 0 radical (unpaired) electrons. The Morgan fingerprint density at radius 2 is 2.25 bits per heavy atom. The minimum atomic E-state index is -0.872. The molecule has 1 amide bonds. The lowest BCUT2D eigenvalue weighted by molar-refractivity contribution is 0.153. The van der Waals surface area contributed by atoms with Crippen LogP contribution in [0.15, 0.2) is 18.5 Å². The van der Waals surface area contributed by atoms with Crippen LogP contribution >= 0.6 is 0 Å². The molecule has 1 aliphatic carbocycles. The number of hydrogen-bond acceptors (Lipinski definition) is 6. The van der Waals surface area contributed by atoms with Crippen LogP contribution < -0.4 is 5.73 Å². The fraction of sp³-hybridized carbons (Fsp3) is 0.500. The second kappa shape index (κ2) is 6.76. The van der Waals surface area contributed by atoms with Gasteiger partial charge in [-0.1, -0.05) is 13.3 Å². The summed E-state index contributed by atoms with van der Waals surface area (Å²) >= 11 is 0. The molecule has 4 heterocycles. The molecule has 4 N–H and O–H groups in total. The molecule has 1 saturated heterocycles. The fourth-order valence-electron chi connectivity index (χ4n) is 3.62. The summed E-state index contributed by atoms with van der Waals surface area (Å²) in [5.41, 5.74) is 7.26. The van der Waals surface area contributed by atoms with Crippen LogP contribution in [0, 0.1) is 17.2 Å². The summed E-state index contributed by atoms with van der Waals surface area (Å²) in [6, 6.07) is 3.93. The highest BCUT2D eigenvalue weighted by Gasteiger charge is 2.38. The van der Waals surface area contributed by atoms with Gasteiger partial charge in [0.25, 0.3) is 0 Å². The van der Waals surface area contributed by atoms with Crippen molar-refractivity contribution in [2.45, 2.75) is 37.6 Å². The van der Waals surface area contributed by atoms with Crippen molar-refractivity contribution in [2.24, 2.45) is 11.7 Å². The van der Waals surface area contributed by atoms with Gasteiger partial charge >= 0.3 is 6.09 Å². The number of nitriles is 1. The zero-order chi connectivity index (χ0) is 19.9. The Morgan fingerprint density at radius 1 is 1.46 bits per heavy atom. The lowest BCUT2D eigenvalue weighted by Gasteiger charge is -2.14. The second-order valence-electron chi connectivity index (χ2n) is 7.45. The lowest BCUT2D eigenvalue weighted by Crippen LogP contribution is -2.26. The minimum absolute atomic E-state index is 0.0524. The molecule has 3 aromatic heterocycles. The Labute approximate surface area is 161 Å². The number of likely N-dealkylation sites (tertiary alicyclic amines) is 1. The van der Waals surface area contributed by atoms with Gasteiger partial charge < -0.3 is 20.7 Å². The highest BCUT2D eigenvalue weighted by molar-refractivity contribution is 5.74. The van der Waals surface area contributed by atoms with Crippen molar-refractivity contribution in [3.63, 3.8) is 0 Å². The van der Waals surface area contributed by atoms with Crippen molar-refractivity contribution in [3.05, 3.63) is 24.3 Å². The quantitative estimate of drug-likeness (QED) is 0.610. The van der Waals surface area contributed by atoms with Crippen molar-refractivity contribution in [1.29, 1.82) is 5.26 Å². The molecule has 0 spiro atoms. The van der Waals surface area contributed by atoms with Crippen molar-refractivity contribution in [3.8, 4) is 6.07 Å². The van der Waals surface area contributed by atoms with E-state index in [9.17, 15) is 9.90 Å². The van der Waals surface area contributed by atoms with Crippen LogP contribution in [0.25, 0.3) is 16.8 Å². The van der Waals surface area contributed by atoms with Gasteiger partial charge in [0.05, 0.1) is 17.8 Å². The zero-order valence-electron chi connectivity index (χ0n) is 15.5. The second-order valence-corrected chi connectivity index (χ2v) is 7.45. The lowest BCUT2D eigenvalue weighted by atomic mass is 9.93. The third-order valence-corrected chi connectivity index (χ3v) is 5.55. The van der Waals surface area contributed by atoms with Crippen LogP contribution in [0.3, 0.4) is 0 Å². The van der Waals surface area contributed by atoms with Crippen LogP contribution in [0.5, 0.6) is 0 Å². The average Bonchev–Trinajstić information content (AvgIpc) is 3.11. The van der Waals surface area contributed by atoms with E-state index >= 15 is 0 Å².